The summed E-state index contributed by atoms with van der Waals surface area (Å²) in [5.41, 5.74) is 2.88. The van der Waals surface area contributed by atoms with E-state index in [-0.39, 0.29) is 24.0 Å². The van der Waals surface area contributed by atoms with E-state index in [0.29, 0.717) is 18.0 Å². The average Bonchev–Trinajstić information content (AvgIpc) is 3.36. The first-order chi connectivity index (χ1) is 12.2. The van der Waals surface area contributed by atoms with Crippen LogP contribution in [0.2, 0.25) is 0 Å². The van der Waals surface area contributed by atoms with E-state index in [0.717, 1.165) is 32.1 Å². The van der Waals surface area contributed by atoms with Gasteiger partial charge in [0.1, 0.15) is 0 Å². The van der Waals surface area contributed by atoms with Gasteiger partial charge in [0.05, 0.1) is 0 Å². The predicted octanol–water partition coefficient (Wildman–Crippen LogP) is 3.67. The van der Waals surface area contributed by atoms with Crippen LogP contribution in [0.15, 0.2) is 41.9 Å². The highest BCUT2D eigenvalue weighted by Gasteiger charge is 2.39. The summed E-state index contributed by atoms with van der Waals surface area (Å²) in [5.74, 6) is 1.62. The van der Waals surface area contributed by atoms with Crippen LogP contribution in [0.5, 0.6) is 0 Å². The molecule has 2 fully saturated rings. The smallest absolute Gasteiger partial charge is 0.191 e. The summed E-state index contributed by atoms with van der Waals surface area (Å²) in [6.45, 7) is 12.2. The van der Waals surface area contributed by atoms with Crippen molar-refractivity contribution in [3.63, 3.8) is 0 Å². The molecule has 1 saturated heterocycles. The van der Waals surface area contributed by atoms with Crippen LogP contribution in [0.4, 0.5) is 0 Å². The second-order valence-electron chi connectivity index (χ2n) is 7.28. The van der Waals surface area contributed by atoms with Gasteiger partial charge in [-0.1, -0.05) is 30.3 Å². The number of likely N-dealkylation sites (tertiary alicyclic amines) is 1. The first kappa shape index (κ1) is 21.2. The van der Waals surface area contributed by atoms with Gasteiger partial charge in [-0.05, 0) is 44.2 Å². The first-order valence-electron chi connectivity index (χ1n) is 9.67. The predicted molar refractivity (Wildman–Crippen MR) is 122 cm³/mol. The van der Waals surface area contributed by atoms with Crippen LogP contribution < -0.4 is 10.6 Å². The fourth-order valence-corrected chi connectivity index (χ4v) is 3.80. The Morgan fingerprint density at radius 3 is 2.65 bits per heavy atom. The molecule has 26 heavy (non-hydrogen) atoms. The summed E-state index contributed by atoms with van der Waals surface area (Å²) < 4.78 is 0. The molecule has 1 aromatic carbocycles. The highest BCUT2D eigenvalue weighted by atomic mass is 127. The van der Waals surface area contributed by atoms with Crippen molar-refractivity contribution < 1.29 is 0 Å². The standard InChI is InChI=1S/C21H32N4.HI/c1-4-12-25-13-10-17(11-14-25)23-21(22-5-2)24-20-15-19(20)18-9-7-6-8-16(18)3;/h4,6-9,17,19-20H,1,5,10-15H2,2-3H3,(H2,22,23,24);1H. The molecule has 1 aromatic rings. The summed E-state index contributed by atoms with van der Waals surface area (Å²) in [6, 6.07) is 9.78. The Balaban J connectivity index is 0.00000243. The van der Waals surface area contributed by atoms with Gasteiger partial charge in [-0.2, -0.15) is 0 Å². The van der Waals surface area contributed by atoms with E-state index in [1.807, 2.05) is 6.08 Å². The quantitative estimate of drug-likeness (QED) is 0.290. The molecule has 1 heterocycles. The van der Waals surface area contributed by atoms with Gasteiger partial charge < -0.3 is 10.6 Å². The Hall–Kier alpha value is -1.08. The summed E-state index contributed by atoms with van der Waals surface area (Å²) in [4.78, 5) is 7.13. The molecule has 4 nitrogen and oxygen atoms in total. The fraction of sp³-hybridized carbons (Fsp3) is 0.571. The summed E-state index contributed by atoms with van der Waals surface area (Å²) >= 11 is 0. The Morgan fingerprint density at radius 2 is 2.00 bits per heavy atom. The Kier molecular flexibility index (Phi) is 8.41. The van der Waals surface area contributed by atoms with Crippen molar-refractivity contribution in [2.24, 2.45) is 4.99 Å². The zero-order valence-electron chi connectivity index (χ0n) is 16.1. The molecule has 3 rings (SSSR count). The second-order valence-corrected chi connectivity index (χ2v) is 7.28. The second kappa shape index (κ2) is 10.3. The van der Waals surface area contributed by atoms with Crippen molar-refractivity contribution in [2.75, 3.05) is 26.2 Å². The van der Waals surface area contributed by atoms with E-state index in [4.69, 9.17) is 0 Å². The minimum Gasteiger partial charge on any atom is -0.354 e. The number of aliphatic imine (C=N–C) groups is 1. The molecule has 2 N–H and O–H groups in total. The van der Waals surface area contributed by atoms with Gasteiger partial charge in [-0.15, -0.1) is 30.6 Å². The van der Waals surface area contributed by atoms with Gasteiger partial charge in [0, 0.05) is 44.2 Å². The number of halogens is 1. The van der Waals surface area contributed by atoms with E-state index < -0.39 is 0 Å². The Bertz CT molecular complexity index is 608. The molecule has 0 spiro atoms. The van der Waals surface area contributed by atoms with Gasteiger partial charge in [0.25, 0.3) is 0 Å². The first-order valence-corrected chi connectivity index (χ1v) is 9.67. The van der Waals surface area contributed by atoms with Crippen molar-refractivity contribution in [2.45, 2.75) is 51.1 Å². The van der Waals surface area contributed by atoms with Gasteiger partial charge in [-0.3, -0.25) is 9.89 Å². The molecular formula is C21H33IN4. The number of guanidine groups is 1. The molecule has 0 amide bonds. The molecular weight excluding hydrogens is 435 g/mol. The van der Waals surface area contributed by atoms with E-state index in [9.17, 15) is 0 Å². The maximum absolute atomic E-state index is 4.67. The zero-order valence-corrected chi connectivity index (χ0v) is 18.4. The number of nitrogens with zero attached hydrogens (tertiary/aromatic N) is 2. The van der Waals surface area contributed by atoms with Crippen molar-refractivity contribution in [3.05, 3.63) is 48.0 Å². The number of nitrogens with one attached hydrogen (secondary N) is 2. The van der Waals surface area contributed by atoms with Gasteiger partial charge >= 0.3 is 0 Å². The van der Waals surface area contributed by atoms with Crippen LogP contribution in [0, 0.1) is 6.92 Å². The number of piperidine rings is 1. The topological polar surface area (TPSA) is 39.7 Å². The molecule has 2 aliphatic rings. The van der Waals surface area contributed by atoms with Crippen LogP contribution in [0.3, 0.4) is 0 Å². The third-order valence-electron chi connectivity index (χ3n) is 5.33. The molecule has 144 valence electrons. The number of hydrogen-bond acceptors (Lipinski definition) is 2. The molecule has 0 aromatic heterocycles. The number of hydrogen-bond donors (Lipinski definition) is 2. The van der Waals surface area contributed by atoms with E-state index in [1.54, 1.807) is 0 Å². The van der Waals surface area contributed by atoms with Crippen LogP contribution in [-0.2, 0) is 0 Å². The molecule has 2 atom stereocenters. The number of aryl methyl sites for hydroxylation is 1. The lowest BCUT2D eigenvalue weighted by atomic mass is 10.0. The molecule has 1 aliphatic carbocycles. The molecule has 1 saturated carbocycles. The van der Waals surface area contributed by atoms with Crippen LogP contribution >= 0.6 is 24.0 Å². The summed E-state index contributed by atoms with van der Waals surface area (Å²) in [5, 5.41) is 7.32. The minimum atomic E-state index is 0. The largest absolute Gasteiger partial charge is 0.354 e. The lowest BCUT2D eigenvalue weighted by Gasteiger charge is -2.32. The number of benzene rings is 1. The monoisotopic (exact) mass is 468 g/mol. The maximum atomic E-state index is 4.67. The van der Waals surface area contributed by atoms with Crippen LogP contribution in [0.1, 0.15) is 43.2 Å². The van der Waals surface area contributed by atoms with Gasteiger partial charge in [-0.25, -0.2) is 0 Å². The Labute approximate surface area is 175 Å². The lowest BCUT2D eigenvalue weighted by Crippen LogP contribution is -2.49. The van der Waals surface area contributed by atoms with Crippen LogP contribution in [0.25, 0.3) is 0 Å². The summed E-state index contributed by atoms with van der Waals surface area (Å²) in [6.07, 6.45) is 5.54. The highest BCUT2D eigenvalue weighted by molar-refractivity contribution is 14.0. The fourth-order valence-electron chi connectivity index (χ4n) is 3.80. The van der Waals surface area contributed by atoms with Crippen molar-refractivity contribution >= 4 is 29.9 Å². The Morgan fingerprint density at radius 1 is 1.27 bits per heavy atom. The molecule has 0 radical (unpaired) electrons. The normalized spacial score (nSPS) is 23.8. The third-order valence-corrected chi connectivity index (χ3v) is 5.33. The summed E-state index contributed by atoms with van der Waals surface area (Å²) in [7, 11) is 0. The lowest BCUT2D eigenvalue weighted by molar-refractivity contribution is 0.225. The molecule has 1 aliphatic heterocycles. The van der Waals surface area contributed by atoms with Crippen molar-refractivity contribution in [1.29, 1.82) is 0 Å². The molecule has 5 heteroatoms. The van der Waals surface area contributed by atoms with Crippen molar-refractivity contribution in [3.8, 4) is 0 Å². The van der Waals surface area contributed by atoms with E-state index in [1.165, 1.54) is 30.4 Å². The van der Waals surface area contributed by atoms with Gasteiger partial charge in [0.15, 0.2) is 5.96 Å². The zero-order chi connectivity index (χ0) is 17.6. The maximum Gasteiger partial charge on any atom is 0.191 e. The third kappa shape index (κ3) is 5.71. The van der Waals surface area contributed by atoms with Crippen molar-refractivity contribution in [1.82, 2.24) is 15.5 Å². The molecule has 0 bridgehead atoms. The molecule has 2 unspecified atom stereocenters. The van der Waals surface area contributed by atoms with E-state index >= 15 is 0 Å². The van der Waals surface area contributed by atoms with Gasteiger partial charge in [0.2, 0.25) is 0 Å². The average molecular weight is 468 g/mol. The van der Waals surface area contributed by atoms with E-state index in [2.05, 4.69) is 65.2 Å². The number of rotatable bonds is 6. The SMILES string of the molecule is C=CCN1CCC(NC(=NCC)NC2CC2c2ccccc2C)CC1.I. The van der Waals surface area contributed by atoms with Crippen LogP contribution in [-0.4, -0.2) is 49.1 Å². The minimum absolute atomic E-state index is 0. The highest BCUT2D eigenvalue weighted by Crippen LogP contribution is 2.42.